The molecule has 0 bridgehead atoms. The summed E-state index contributed by atoms with van der Waals surface area (Å²) in [7, 11) is 0. The number of rotatable bonds is 5. The van der Waals surface area contributed by atoms with Gasteiger partial charge in [0.15, 0.2) is 0 Å². The van der Waals surface area contributed by atoms with Gasteiger partial charge in [-0.25, -0.2) is 9.97 Å². The highest BCUT2D eigenvalue weighted by molar-refractivity contribution is 5.99. The third-order valence-corrected chi connectivity index (χ3v) is 4.86. The van der Waals surface area contributed by atoms with E-state index in [2.05, 4.69) is 20.4 Å². The first-order valence-electron chi connectivity index (χ1n) is 9.30. The molecule has 1 aromatic carbocycles. The zero-order valence-electron chi connectivity index (χ0n) is 15.9. The fourth-order valence-corrected chi connectivity index (χ4v) is 3.43. The van der Waals surface area contributed by atoms with Gasteiger partial charge in [0.1, 0.15) is 11.6 Å². The molecule has 1 aliphatic heterocycles. The Morgan fingerprint density at radius 3 is 2.79 bits per heavy atom. The van der Waals surface area contributed by atoms with Gasteiger partial charge >= 0.3 is 0 Å². The van der Waals surface area contributed by atoms with Crippen LogP contribution in [0.25, 0.3) is 11.3 Å². The number of hydrogen-bond donors (Lipinski definition) is 1. The van der Waals surface area contributed by atoms with Gasteiger partial charge in [-0.05, 0) is 13.8 Å². The zero-order valence-corrected chi connectivity index (χ0v) is 15.9. The van der Waals surface area contributed by atoms with E-state index in [9.17, 15) is 4.79 Å². The molecule has 3 aromatic rings. The lowest BCUT2D eigenvalue weighted by molar-refractivity contribution is 0.0924. The summed E-state index contributed by atoms with van der Waals surface area (Å²) in [6, 6.07) is 11.5. The number of ether oxygens (including phenoxy) is 1. The summed E-state index contributed by atoms with van der Waals surface area (Å²) in [6.45, 7) is 4.74. The molecule has 0 saturated carbocycles. The minimum Gasteiger partial charge on any atom is -0.379 e. The predicted molar refractivity (Wildman–Crippen MR) is 103 cm³/mol. The van der Waals surface area contributed by atoms with E-state index in [0.29, 0.717) is 36.7 Å². The molecule has 1 fully saturated rings. The summed E-state index contributed by atoms with van der Waals surface area (Å²) in [4.78, 5) is 21.8. The van der Waals surface area contributed by atoms with Gasteiger partial charge in [0.25, 0.3) is 5.91 Å². The van der Waals surface area contributed by atoms with Crippen LogP contribution in [-0.4, -0.2) is 40.3 Å². The van der Waals surface area contributed by atoms with Gasteiger partial charge in [0.2, 0.25) is 0 Å². The molecule has 28 heavy (non-hydrogen) atoms. The topological polar surface area (TPSA) is 90.1 Å². The quantitative estimate of drug-likeness (QED) is 0.734. The molecule has 0 aliphatic carbocycles. The minimum absolute atomic E-state index is 0.108. The van der Waals surface area contributed by atoms with E-state index in [4.69, 9.17) is 9.26 Å². The first-order valence-corrected chi connectivity index (χ1v) is 9.30. The summed E-state index contributed by atoms with van der Waals surface area (Å²) in [5, 5.41) is 7.02. The van der Waals surface area contributed by atoms with Crippen molar-refractivity contribution in [3.05, 3.63) is 65.4 Å². The van der Waals surface area contributed by atoms with Crippen LogP contribution in [0.1, 0.15) is 27.6 Å². The molecule has 0 radical (unpaired) electrons. The monoisotopic (exact) mass is 378 g/mol. The van der Waals surface area contributed by atoms with Crippen LogP contribution in [0.15, 0.2) is 47.1 Å². The number of aryl methyl sites for hydroxylation is 2. The standard InChI is InChI=1S/C21H22N4O3/c1-13-8-17(28-25-13)9-16-11-27-12-19(16)24-21(26)18-10-22-14(2)23-20(18)15-6-4-3-5-7-15/h3-8,10,16,19H,9,11-12H2,1-2H3,(H,24,26)/t16-,19+/m1/s1. The number of carbonyl (C=O) groups is 1. The average Bonchev–Trinajstić information content (AvgIpc) is 3.31. The summed E-state index contributed by atoms with van der Waals surface area (Å²) >= 11 is 0. The third kappa shape index (κ3) is 3.94. The number of aromatic nitrogens is 3. The molecule has 0 unspecified atom stereocenters. The van der Waals surface area contributed by atoms with Gasteiger partial charge in [-0.3, -0.25) is 4.79 Å². The molecular weight excluding hydrogens is 356 g/mol. The van der Waals surface area contributed by atoms with Crippen molar-refractivity contribution in [2.45, 2.75) is 26.3 Å². The molecule has 3 heterocycles. The van der Waals surface area contributed by atoms with Crippen molar-refractivity contribution < 1.29 is 14.1 Å². The number of nitrogens with one attached hydrogen (secondary N) is 1. The Balaban J connectivity index is 1.53. The van der Waals surface area contributed by atoms with Crippen LogP contribution in [-0.2, 0) is 11.2 Å². The molecule has 2 atom stereocenters. The van der Waals surface area contributed by atoms with Crippen LogP contribution in [0.5, 0.6) is 0 Å². The number of hydrogen-bond acceptors (Lipinski definition) is 6. The van der Waals surface area contributed by atoms with Crippen LogP contribution >= 0.6 is 0 Å². The molecule has 2 aromatic heterocycles. The predicted octanol–water partition coefficient (Wildman–Crippen LogP) is 2.74. The summed E-state index contributed by atoms with van der Waals surface area (Å²) < 4.78 is 10.9. The zero-order chi connectivity index (χ0) is 19.5. The van der Waals surface area contributed by atoms with Crippen molar-refractivity contribution in [1.29, 1.82) is 0 Å². The lowest BCUT2D eigenvalue weighted by Crippen LogP contribution is -2.41. The van der Waals surface area contributed by atoms with Gasteiger partial charge in [0, 0.05) is 30.2 Å². The Bertz CT molecular complexity index is 971. The fraction of sp³-hybridized carbons (Fsp3) is 0.333. The van der Waals surface area contributed by atoms with Crippen molar-refractivity contribution in [2.24, 2.45) is 5.92 Å². The van der Waals surface area contributed by atoms with Gasteiger partial charge < -0.3 is 14.6 Å². The molecule has 1 aliphatic rings. The third-order valence-electron chi connectivity index (χ3n) is 4.86. The van der Waals surface area contributed by atoms with Crippen LogP contribution in [0.4, 0.5) is 0 Å². The Morgan fingerprint density at radius 1 is 1.21 bits per heavy atom. The maximum Gasteiger partial charge on any atom is 0.255 e. The van der Waals surface area contributed by atoms with Crippen molar-refractivity contribution in [1.82, 2.24) is 20.4 Å². The van der Waals surface area contributed by atoms with Crippen molar-refractivity contribution >= 4 is 5.91 Å². The van der Waals surface area contributed by atoms with E-state index in [0.717, 1.165) is 17.0 Å². The second-order valence-electron chi connectivity index (χ2n) is 7.06. The molecule has 1 amide bonds. The minimum atomic E-state index is -0.201. The van der Waals surface area contributed by atoms with Crippen LogP contribution < -0.4 is 5.32 Å². The molecule has 7 nitrogen and oxygen atoms in total. The molecule has 4 rings (SSSR count). The Labute approximate surface area is 163 Å². The SMILES string of the molecule is Cc1cc(C[C@@H]2COC[C@@H]2NC(=O)c2cnc(C)nc2-c2ccccc2)on1. The lowest BCUT2D eigenvalue weighted by atomic mass is 9.97. The van der Waals surface area contributed by atoms with E-state index >= 15 is 0 Å². The number of carbonyl (C=O) groups excluding carboxylic acids is 1. The lowest BCUT2D eigenvalue weighted by Gasteiger charge is -2.19. The normalized spacial score (nSPS) is 18.9. The summed E-state index contributed by atoms with van der Waals surface area (Å²) in [5.74, 6) is 1.35. The molecule has 1 saturated heterocycles. The Morgan fingerprint density at radius 2 is 2.04 bits per heavy atom. The maximum atomic E-state index is 13.0. The fourth-order valence-electron chi connectivity index (χ4n) is 3.43. The highest BCUT2D eigenvalue weighted by Crippen LogP contribution is 2.23. The van der Waals surface area contributed by atoms with Gasteiger partial charge in [-0.15, -0.1) is 0 Å². The van der Waals surface area contributed by atoms with E-state index in [1.807, 2.05) is 50.2 Å². The van der Waals surface area contributed by atoms with E-state index in [1.165, 1.54) is 0 Å². The number of benzene rings is 1. The van der Waals surface area contributed by atoms with E-state index in [1.54, 1.807) is 6.20 Å². The molecular formula is C21H22N4O3. The highest BCUT2D eigenvalue weighted by atomic mass is 16.5. The van der Waals surface area contributed by atoms with Crippen molar-refractivity contribution in [3.8, 4) is 11.3 Å². The van der Waals surface area contributed by atoms with Crippen molar-refractivity contribution in [2.75, 3.05) is 13.2 Å². The maximum absolute atomic E-state index is 13.0. The van der Waals surface area contributed by atoms with Crippen LogP contribution in [0.2, 0.25) is 0 Å². The molecule has 1 N–H and O–H groups in total. The van der Waals surface area contributed by atoms with Crippen LogP contribution in [0.3, 0.4) is 0 Å². The number of nitrogens with zero attached hydrogens (tertiary/aromatic N) is 3. The Kier molecular flexibility index (Phi) is 5.16. The van der Waals surface area contributed by atoms with Crippen molar-refractivity contribution in [3.63, 3.8) is 0 Å². The van der Waals surface area contributed by atoms with E-state index in [-0.39, 0.29) is 17.9 Å². The second-order valence-corrected chi connectivity index (χ2v) is 7.06. The average molecular weight is 378 g/mol. The molecule has 144 valence electrons. The molecule has 7 heteroatoms. The van der Waals surface area contributed by atoms with E-state index < -0.39 is 0 Å². The summed E-state index contributed by atoms with van der Waals surface area (Å²) in [6.07, 6.45) is 2.26. The first-order chi connectivity index (χ1) is 13.6. The molecule has 0 spiro atoms. The van der Waals surface area contributed by atoms with Gasteiger partial charge in [-0.2, -0.15) is 0 Å². The van der Waals surface area contributed by atoms with Gasteiger partial charge in [-0.1, -0.05) is 35.5 Å². The smallest absolute Gasteiger partial charge is 0.255 e. The highest BCUT2D eigenvalue weighted by Gasteiger charge is 2.31. The summed E-state index contributed by atoms with van der Waals surface area (Å²) in [5.41, 5.74) is 2.82. The Hall–Kier alpha value is -3.06. The van der Waals surface area contributed by atoms with Crippen LogP contribution in [0, 0.1) is 19.8 Å². The van der Waals surface area contributed by atoms with Gasteiger partial charge in [0.05, 0.1) is 36.2 Å². The number of amides is 1. The second kappa shape index (κ2) is 7.90. The first kappa shape index (κ1) is 18.3. The largest absolute Gasteiger partial charge is 0.379 e.